The monoisotopic (exact) mass is 469 g/mol. The number of carbonyl (C=O) groups is 2. The van der Waals surface area contributed by atoms with E-state index in [1.54, 1.807) is 0 Å². The van der Waals surface area contributed by atoms with E-state index in [0.717, 1.165) is 45.2 Å². The van der Waals surface area contributed by atoms with Gasteiger partial charge in [0.1, 0.15) is 11.6 Å². The van der Waals surface area contributed by atoms with Crippen LogP contribution in [0.4, 0.5) is 0 Å². The molecule has 1 saturated heterocycles. The van der Waals surface area contributed by atoms with Crippen LogP contribution in [0.1, 0.15) is 90.2 Å². The van der Waals surface area contributed by atoms with Crippen LogP contribution in [-0.2, 0) is 23.2 Å². The lowest BCUT2D eigenvalue weighted by atomic mass is 9.71. The third-order valence-electron chi connectivity index (χ3n) is 9.89. The number of aryl methyl sites for hydroxylation is 1. The second kappa shape index (κ2) is 11.1. The van der Waals surface area contributed by atoms with E-state index in [1.807, 2.05) is 14.0 Å². The number of aromatic nitrogens is 1. The van der Waals surface area contributed by atoms with E-state index in [0.29, 0.717) is 24.0 Å². The van der Waals surface area contributed by atoms with Crippen molar-refractivity contribution in [1.82, 2.24) is 14.8 Å². The van der Waals surface area contributed by atoms with Crippen LogP contribution < -0.4 is 5.32 Å². The Kier molecular flexibility index (Phi) is 8.35. The van der Waals surface area contributed by atoms with Crippen molar-refractivity contribution in [1.29, 1.82) is 0 Å². The van der Waals surface area contributed by atoms with Crippen molar-refractivity contribution >= 4 is 11.6 Å². The van der Waals surface area contributed by atoms with E-state index >= 15 is 0 Å². The second-order valence-electron chi connectivity index (χ2n) is 11.7. The van der Waals surface area contributed by atoms with Crippen molar-refractivity contribution < 1.29 is 9.59 Å². The maximum atomic E-state index is 14.2. The van der Waals surface area contributed by atoms with Crippen molar-refractivity contribution in [2.75, 3.05) is 13.6 Å². The van der Waals surface area contributed by atoms with Gasteiger partial charge in [-0.2, -0.15) is 0 Å². The van der Waals surface area contributed by atoms with Gasteiger partial charge in [0.15, 0.2) is 0 Å². The van der Waals surface area contributed by atoms with Gasteiger partial charge in [0.05, 0.1) is 6.04 Å². The molecule has 5 atom stereocenters. The highest BCUT2D eigenvalue weighted by Crippen LogP contribution is 2.52. The molecule has 3 aliphatic rings. The van der Waals surface area contributed by atoms with E-state index in [2.05, 4.69) is 47.1 Å². The average Bonchev–Trinajstić information content (AvgIpc) is 3.50. The van der Waals surface area contributed by atoms with E-state index in [1.165, 1.54) is 37.8 Å². The van der Waals surface area contributed by atoms with Gasteiger partial charge in [-0.1, -0.05) is 19.3 Å². The normalized spacial score (nSPS) is 29.8. The van der Waals surface area contributed by atoms with Gasteiger partial charge in [-0.25, -0.2) is 0 Å². The first-order valence-corrected chi connectivity index (χ1v) is 13.9. The molecular weight excluding hydrogens is 422 g/mol. The summed E-state index contributed by atoms with van der Waals surface area (Å²) >= 11 is 0. The minimum Gasteiger partial charge on any atom is -0.353 e. The average molecular weight is 470 g/mol. The Morgan fingerprint density at radius 1 is 1.18 bits per heavy atom. The van der Waals surface area contributed by atoms with Crippen LogP contribution >= 0.6 is 0 Å². The molecule has 2 saturated carbocycles. The van der Waals surface area contributed by atoms with Crippen molar-refractivity contribution in [3.8, 4) is 0 Å². The molecule has 1 aromatic heterocycles. The zero-order valence-electron chi connectivity index (χ0n) is 22.0. The molecule has 4 rings (SSSR count). The maximum absolute atomic E-state index is 14.2. The number of likely N-dealkylation sites (N-methyl/N-ethyl adjacent to an activating group) is 1. The van der Waals surface area contributed by atoms with Crippen LogP contribution in [0.5, 0.6) is 0 Å². The van der Waals surface area contributed by atoms with Gasteiger partial charge in [-0.15, -0.1) is 0 Å². The van der Waals surface area contributed by atoms with Crippen LogP contribution in [0.3, 0.4) is 0 Å². The van der Waals surface area contributed by atoms with E-state index in [9.17, 15) is 9.59 Å². The molecule has 1 N–H and O–H groups in total. The van der Waals surface area contributed by atoms with Crippen LogP contribution in [0.2, 0.25) is 0 Å². The summed E-state index contributed by atoms with van der Waals surface area (Å²) < 4.78 is 2.23. The van der Waals surface area contributed by atoms with Gasteiger partial charge in [-0.05, 0) is 96.4 Å². The number of Topliss-reactive ketones (excluding diaryl/α,β-unsaturated/α-hetero) is 2. The van der Waals surface area contributed by atoms with Gasteiger partial charge in [0, 0.05) is 49.3 Å². The molecule has 5 nitrogen and oxygen atoms in total. The van der Waals surface area contributed by atoms with E-state index in [4.69, 9.17) is 0 Å². The summed E-state index contributed by atoms with van der Waals surface area (Å²) in [6.45, 7) is 6.44. The molecule has 1 aromatic rings. The van der Waals surface area contributed by atoms with Gasteiger partial charge >= 0.3 is 0 Å². The number of rotatable bonds is 11. The lowest BCUT2D eigenvalue weighted by Gasteiger charge is -2.37. The van der Waals surface area contributed by atoms with Crippen molar-refractivity contribution in [2.24, 2.45) is 30.7 Å². The molecule has 190 valence electrons. The van der Waals surface area contributed by atoms with Crippen molar-refractivity contribution in [3.05, 3.63) is 24.0 Å². The first-order valence-electron chi connectivity index (χ1n) is 13.9. The standard InChI is InChI=1S/C29H47N3O2/c1-21(30-3)27(33)14-8-13-24(22-10-6-5-7-11-22)28(34)25-15-17-29(2)26(25)16-19-32(29)20-23-12-9-18-31(23)4/h9,12,18,21-22,24-26,30H,5-8,10-11,13-17,19-20H2,1-4H3. The van der Waals surface area contributed by atoms with Gasteiger partial charge in [-0.3, -0.25) is 14.5 Å². The predicted octanol–water partition coefficient (Wildman–Crippen LogP) is 5.13. The van der Waals surface area contributed by atoms with Crippen LogP contribution in [0.25, 0.3) is 0 Å². The fraction of sp³-hybridized carbons (Fsp3) is 0.793. The third kappa shape index (κ3) is 5.21. The van der Waals surface area contributed by atoms with Crippen LogP contribution in [0.15, 0.2) is 18.3 Å². The summed E-state index contributed by atoms with van der Waals surface area (Å²) in [7, 11) is 3.97. The highest BCUT2D eigenvalue weighted by atomic mass is 16.1. The number of likely N-dealkylation sites (tertiary alicyclic amines) is 1. The minimum atomic E-state index is -0.0897. The molecule has 1 aliphatic heterocycles. The molecular formula is C29H47N3O2. The number of hydrogen-bond acceptors (Lipinski definition) is 4. The molecule has 5 unspecified atom stereocenters. The number of fused-ring (bicyclic) bond motifs is 1. The lowest BCUT2D eigenvalue weighted by Crippen LogP contribution is -2.44. The number of carbonyl (C=O) groups excluding carboxylic acids is 2. The van der Waals surface area contributed by atoms with Gasteiger partial charge in [0.25, 0.3) is 0 Å². The summed E-state index contributed by atoms with van der Waals surface area (Å²) in [6.07, 6.45) is 14.0. The molecule has 2 heterocycles. The topological polar surface area (TPSA) is 54.3 Å². The Morgan fingerprint density at radius 3 is 2.62 bits per heavy atom. The number of nitrogens with one attached hydrogen (secondary N) is 1. The van der Waals surface area contributed by atoms with Crippen molar-refractivity contribution in [2.45, 2.75) is 103 Å². The quantitative estimate of drug-likeness (QED) is 0.488. The molecule has 0 aromatic carbocycles. The maximum Gasteiger partial charge on any atom is 0.149 e. The molecule has 2 aliphatic carbocycles. The lowest BCUT2D eigenvalue weighted by molar-refractivity contribution is -0.131. The molecule has 5 heteroatoms. The summed E-state index contributed by atoms with van der Waals surface area (Å²) in [5, 5.41) is 3.06. The largest absolute Gasteiger partial charge is 0.353 e. The van der Waals surface area contributed by atoms with Gasteiger partial charge < -0.3 is 9.88 Å². The SMILES string of the molecule is CNC(C)C(=O)CCCC(C(=O)C1CCC2(C)C1CCN2Cc1cccn1C)C1CCCCC1. The fourth-order valence-corrected chi connectivity index (χ4v) is 7.47. The van der Waals surface area contributed by atoms with Gasteiger partial charge in [0.2, 0.25) is 0 Å². The van der Waals surface area contributed by atoms with Crippen molar-refractivity contribution in [3.63, 3.8) is 0 Å². The first kappa shape index (κ1) is 25.6. The number of ketones is 2. The Hall–Kier alpha value is -1.46. The highest BCUT2D eigenvalue weighted by molar-refractivity contribution is 5.85. The summed E-state index contributed by atoms with van der Waals surface area (Å²) in [4.78, 5) is 29.2. The van der Waals surface area contributed by atoms with Crippen LogP contribution in [0, 0.1) is 23.7 Å². The molecule has 34 heavy (non-hydrogen) atoms. The third-order valence-corrected chi connectivity index (χ3v) is 9.89. The van der Waals surface area contributed by atoms with E-state index < -0.39 is 0 Å². The first-order chi connectivity index (χ1) is 16.3. The predicted molar refractivity (Wildman–Crippen MR) is 138 cm³/mol. The summed E-state index contributed by atoms with van der Waals surface area (Å²) in [6, 6.07) is 4.26. The Bertz CT molecular complexity index is 842. The Labute approximate surface area is 207 Å². The minimum absolute atomic E-state index is 0.0897. The summed E-state index contributed by atoms with van der Waals surface area (Å²) in [5.41, 5.74) is 1.50. The molecule has 0 amide bonds. The van der Waals surface area contributed by atoms with E-state index in [-0.39, 0.29) is 29.2 Å². The second-order valence-corrected chi connectivity index (χ2v) is 11.7. The highest BCUT2D eigenvalue weighted by Gasteiger charge is 2.55. The molecule has 0 radical (unpaired) electrons. The smallest absolute Gasteiger partial charge is 0.149 e. The Morgan fingerprint density at radius 2 is 1.94 bits per heavy atom. The summed E-state index contributed by atoms with van der Waals surface area (Å²) in [5.74, 6) is 2.21. The zero-order valence-corrected chi connectivity index (χ0v) is 22.0. The Balaban J connectivity index is 1.43. The zero-order chi connectivity index (χ0) is 24.3. The number of nitrogens with zero attached hydrogens (tertiary/aromatic N) is 2. The van der Waals surface area contributed by atoms with Crippen LogP contribution in [-0.4, -0.2) is 46.2 Å². The fourth-order valence-electron chi connectivity index (χ4n) is 7.47. The number of hydrogen-bond donors (Lipinski definition) is 1. The molecule has 0 spiro atoms. The molecule has 3 fully saturated rings. The molecule has 0 bridgehead atoms.